The quantitative estimate of drug-likeness (QED) is 0.667. The predicted molar refractivity (Wildman–Crippen MR) is 44.3 cm³/mol. The van der Waals surface area contributed by atoms with Crippen molar-refractivity contribution < 1.29 is 0 Å². The van der Waals surface area contributed by atoms with Gasteiger partial charge in [-0.1, -0.05) is 26.0 Å². The average Bonchev–Trinajstić information content (AvgIpc) is 2.12. The van der Waals surface area contributed by atoms with Crippen LogP contribution in [0.25, 0.3) is 0 Å². The number of nitrogens with one attached hydrogen (secondary N) is 1. The zero-order valence-electron chi connectivity index (χ0n) is 7.60. The first-order valence-corrected chi connectivity index (χ1v) is 3.85. The Labute approximate surface area is 67.2 Å². The van der Waals surface area contributed by atoms with Gasteiger partial charge >= 0.3 is 0 Å². The molecule has 3 heteroatoms. The van der Waals surface area contributed by atoms with E-state index in [4.69, 9.17) is 0 Å². The molecule has 0 unspecified atom stereocenters. The molecule has 1 aromatic rings. The van der Waals surface area contributed by atoms with Gasteiger partial charge < -0.3 is 0 Å². The van der Waals surface area contributed by atoms with Gasteiger partial charge in [-0.3, -0.25) is 5.10 Å². The van der Waals surface area contributed by atoms with E-state index < -0.39 is 0 Å². The molecule has 0 saturated heterocycles. The molecule has 0 amide bonds. The van der Waals surface area contributed by atoms with Crippen LogP contribution in [-0.4, -0.2) is 15.4 Å². The number of aryl methyl sites for hydroxylation is 1. The van der Waals surface area contributed by atoms with E-state index in [1.54, 1.807) is 0 Å². The van der Waals surface area contributed by atoms with Crippen LogP contribution < -0.4 is 0 Å². The molecule has 1 rings (SSSR count). The molecule has 0 spiro atoms. The van der Waals surface area contributed by atoms with E-state index in [0.717, 1.165) is 17.8 Å². The first kappa shape index (κ1) is 8.24. The molecule has 62 valence electrons. The second-order valence-corrected chi connectivity index (χ2v) is 4.12. The van der Waals surface area contributed by atoms with Crippen molar-refractivity contribution in [2.45, 2.75) is 34.1 Å². The Morgan fingerprint density at radius 2 is 2.00 bits per heavy atom. The molecule has 0 aliphatic heterocycles. The number of H-pyrrole nitrogens is 1. The molecular weight excluding hydrogens is 138 g/mol. The summed E-state index contributed by atoms with van der Waals surface area (Å²) in [6, 6.07) is 0. The molecule has 0 atom stereocenters. The highest BCUT2D eigenvalue weighted by molar-refractivity contribution is 5.07. The van der Waals surface area contributed by atoms with Crippen LogP contribution in [0.4, 0.5) is 0 Å². The van der Waals surface area contributed by atoms with Crippen LogP contribution in [0, 0.1) is 12.3 Å². The summed E-state index contributed by atoms with van der Waals surface area (Å²) >= 11 is 0. The SMILES string of the molecule is Cc1[nH]nnc1CC(C)(C)C. The second kappa shape index (κ2) is 2.64. The van der Waals surface area contributed by atoms with Gasteiger partial charge in [-0.2, -0.15) is 0 Å². The molecule has 1 aromatic heterocycles. The lowest BCUT2D eigenvalue weighted by Crippen LogP contribution is -2.10. The molecule has 1 heterocycles. The van der Waals surface area contributed by atoms with Crippen LogP contribution in [0.2, 0.25) is 0 Å². The summed E-state index contributed by atoms with van der Waals surface area (Å²) in [5, 5.41) is 10.6. The predicted octanol–water partition coefficient (Wildman–Crippen LogP) is 1.70. The minimum atomic E-state index is 0.293. The Hall–Kier alpha value is -0.860. The smallest absolute Gasteiger partial charge is 0.0858 e. The van der Waals surface area contributed by atoms with Gasteiger partial charge in [0.2, 0.25) is 0 Å². The normalized spacial score (nSPS) is 12.0. The van der Waals surface area contributed by atoms with Gasteiger partial charge in [0.05, 0.1) is 11.4 Å². The first-order chi connectivity index (χ1) is 4.99. The maximum atomic E-state index is 4.00. The highest BCUT2D eigenvalue weighted by Gasteiger charge is 2.14. The van der Waals surface area contributed by atoms with Crippen molar-refractivity contribution in [3.63, 3.8) is 0 Å². The number of nitrogens with zero attached hydrogens (tertiary/aromatic N) is 2. The van der Waals surface area contributed by atoms with Crippen LogP contribution in [0.3, 0.4) is 0 Å². The minimum Gasteiger partial charge on any atom is -0.262 e. The molecule has 0 aliphatic carbocycles. The molecule has 11 heavy (non-hydrogen) atoms. The van der Waals surface area contributed by atoms with Gasteiger partial charge in [-0.25, -0.2) is 0 Å². The van der Waals surface area contributed by atoms with Gasteiger partial charge in [0.1, 0.15) is 0 Å². The highest BCUT2D eigenvalue weighted by Crippen LogP contribution is 2.19. The maximum Gasteiger partial charge on any atom is 0.0858 e. The van der Waals surface area contributed by atoms with E-state index in [0.29, 0.717) is 5.41 Å². The molecule has 0 saturated carbocycles. The first-order valence-electron chi connectivity index (χ1n) is 3.85. The molecule has 0 radical (unpaired) electrons. The van der Waals surface area contributed by atoms with Crippen LogP contribution >= 0.6 is 0 Å². The standard InChI is InChI=1S/C8H15N3/c1-6-7(10-11-9-6)5-8(2,3)4/h5H2,1-4H3,(H,9,10,11). The van der Waals surface area contributed by atoms with E-state index in [1.165, 1.54) is 0 Å². The fourth-order valence-electron chi connectivity index (χ4n) is 0.970. The molecule has 0 aliphatic rings. The number of aromatic nitrogens is 3. The summed E-state index contributed by atoms with van der Waals surface area (Å²) in [5.74, 6) is 0. The highest BCUT2D eigenvalue weighted by atomic mass is 15.3. The van der Waals surface area contributed by atoms with Crippen molar-refractivity contribution in [1.82, 2.24) is 15.4 Å². The lowest BCUT2D eigenvalue weighted by atomic mass is 9.90. The van der Waals surface area contributed by atoms with Crippen molar-refractivity contribution in [2.24, 2.45) is 5.41 Å². The van der Waals surface area contributed by atoms with Gasteiger partial charge in [0.25, 0.3) is 0 Å². The van der Waals surface area contributed by atoms with Gasteiger partial charge in [-0.05, 0) is 18.8 Å². The number of rotatable bonds is 1. The van der Waals surface area contributed by atoms with Crippen LogP contribution in [-0.2, 0) is 6.42 Å². The molecule has 1 N–H and O–H groups in total. The summed E-state index contributed by atoms with van der Waals surface area (Å²) in [6.45, 7) is 8.59. The average molecular weight is 153 g/mol. The Bertz CT molecular complexity index is 232. The summed E-state index contributed by atoms with van der Waals surface area (Å²) in [6.07, 6.45) is 0.981. The summed E-state index contributed by atoms with van der Waals surface area (Å²) in [4.78, 5) is 0. The number of hydrogen-bond acceptors (Lipinski definition) is 2. The van der Waals surface area contributed by atoms with E-state index >= 15 is 0 Å². The molecule has 0 fully saturated rings. The molecule has 3 nitrogen and oxygen atoms in total. The Balaban J connectivity index is 2.72. The zero-order chi connectivity index (χ0) is 8.48. The Kier molecular flexibility index (Phi) is 1.98. The Morgan fingerprint density at radius 3 is 2.36 bits per heavy atom. The van der Waals surface area contributed by atoms with E-state index in [1.807, 2.05) is 6.92 Å². The minimum absolute atomic E-state index is 0.293. The zero-order valence-corrected chi connectivity index (χ0v) is 7.60. The molecule has 0 aromatic carbocycles. The van der Waals surface area contributed by atoms with E-state index in [2.05, 4.69) is 36.2 Å². The third-order valence-electron chi connectivity index (χ3n) is 1.52. The molecular formula is C8H15N3. The maximum absolute atomic E-state index is 4.00. The van der Waals surface area contributed by atoms with Crippen molar-refractivity contribution in [2.75, 3.05) is 0 Å². The fraction of sp³-hybridized carbons (Fsp3) is 0.750. The van der Waals surface area contributed by atoms with Gasteiger partial charge in [0, 0.05) is 0 Å². The number of hydrogen-bond donors (Lipinski definition) is 1. The van der Waals surface area contributed by atoms with Gasteiger partial charge in [-0.15, -0.1) is 5.10 Å². The van der Waals surface area contributed by atoms with Gasteiger partial charge in [0.15, 0.2) is 0 Å². The summed E-state index contributed by atoms with van der Waals surface area (Å²) in [7, 11) is 0. The van der Waals surface area contributed by atoms with Crippen molar-refractivity contribution in [1.29, 1.82) is 0 Å². The Morgan fingerprint density at radius 1 is 1.36 bits per heavy atom. The van der Waals surface area contributed by atoms with Crippen molar-refractivity contribution in [3.05, 3.63) is 11.4 Å². The third kappa shape index (κ3) is 2.33. The monoisotopic (exact) mass is 153 g/mol. The van der Waals surface area contributed by atoms with E-state index in [9.17, 15) is 0 Å². The van der Waals surface area contributed by atoms with Crippen LogP contribution in [0.15, 0.2) is 0 Å². The fourth-order valence-corrected chi connectivity index (χ4v) is 0.970. The third-order valence-corrected chi connectivity index (χ3v) is 1.52. The van der Waals surface area contributed by atoms with Crippen LogP contribution in [0.5, 0.6) is 0 Å². The number of aromatic amines is 1. The second-order valence-electron chi connectivity index (χ2n) is 4.12. The van der Waals surface area contributed by atoms with E-state index in [-0.39, 0.29) is 0 Å². The van der Waals surface area contributed by atoms with Crippen molar-refractivity contribution >= 4 is 0 Å². The summed E-state index contributed by atoms with van der Waals surface area (Å²) < 4.78 is 0. The molecule has 0 bridgehead atoms. The largest absolute Gasteiger partial charge is 0.262 e. The lowest BCUT2D eigenvalue weighted by molar-refractivity contribution is 0.405. The van der Waals surface area contributed by atoms with Crippen LogP contribution in [0.1, 0.15) is 32.2 Å². The summed E-state index contributed by atoms with van der Waals surface area (Å²) in [5.41, 5.74) is 2.46. The lowest BCUT2D eigenvalue weighted by Gasteiger charge is -2.15. The topological polar surface area (TPSA) is 41.6 Å². The van der Waals surface area contributed by atoms with Crippen molar-refractivity contribution in [3.8, 4) is 0 Å².